The number of para-hydroxylation sites is 1. The number of rotatable bonds is 5. The standard InChI is InChI=1S/C21H22N4O4S/c1-20(2,3)29-19(27)25-16(14-9-12-28-13-14)23-24-18(25)30-21(10-11-21)17(26)22-15-7-5-4-6-8-15/h4-9,12-13H,10-11H2,1-3H3,(H,22,26). The van der Waals surface area contributed by atoms with E-state index in [1.54, 1.807) is 26.8 Å². The first kappa shape index (κ1) is 20.2. The number of ether oxygens (including phenoxy) is 1. The van der Waals surface area contributed by atoms with E-state index in [0.29, 0.717) is 29.4 Å². The van der Waals surface area contributed by atoms with E-state index in [1.165, 1.54) is 28.9 Å². The average molecular weight is 426 g/mol. The van der Waals surface area contributed by atoms with Crippen LogP contribution in [0.15, 0.2) is 58.5 Å². The summed E-state index contributed by atoms with van der Waals surface area (Å²) in [5.41, 5.74) is 0.625. The zero-order valence-electron chi connectivity index (χ0n) is 16.9. The van der Waals surface area contributed by atoms with Gasteiger partial charge in [-0.05, 0) is 51.8 Å². The van der Waals surface area contributed by atoms with E-state index in [4.69, 9.17) is 9.15 Å². The van der Waals surface area contributed by atoms with Gasteiger partial charge in [0.2, 0.25) is 11.1 Å². The highest BCUT2D eigenvalue weighted by atomic mass is 32.2. The van der Waals surface area contributed by atoms with Crippen LogP contribution in [-0.2, 0) is 9.53 Å². The normalized spacial score (nSPS) is 14.9. The van der Waals surface area contributed by atoms with Crippen molar-refractivity contribution in [3.05, 3.63) is 48.9 Å². The molecule has 4 rings (SSSR count). The van der Waals surface area contributed by atoms with E-state index < -0.39 is 16.4 Å². The lowest BCUT2D eigenvalue weighted by Crippen LogP contribution is -2.30. The molecular weight excluding hydrogens is 404 g/mol. The lowest BCUT2D eigenvalue weighted by molar-refractivity contribution is -0.116. The Morgan fingerprint density at radius 3 is 2.50 bits per heavy atom. The van der Waals surface area contributed by atoms with Crippen LogP contribution >= 0.6 is 11.8 Å². The van der Waals surface area contributed by atoms with Crippen LogP contribution < -0.4 is 5.32 Å². The minimum absolute atomic E-state index is 0.123. The van der Waals surface area contributed by atoms with Crippen LogP contribution in [0.5, 0.6) is 0 Å². The highest BCUT2D eigenvalue weighted by Crippen LogP contribution is 2.52. The molecule has 2 heterocycles. The number of thioether (sulfide) groups is 1. The fraction of sp³-hybridized carbons (Fsp3) is 0.333. The molecule has 1 N–H and O–H groups in total. The van der Waals surface area contributed by atoms with Gasteiger partial charge in [0.05, 0.1) is 11.8 Å². The lowest BCUT2D eigenvalue weighted by Gasteiger charge is -2.21. The van der Waals surface area contributed by atoms with Crippen LogP contribution in [0.4, 0.5) is 10.5 Å². The topological polar surface area (TPSA) is 99.2 Å². The van der Waals surface area contributed by atoms with Crippen molar-refractivity contribution in [2.45, 2.75) is 49.1 Å². The molecule has 3 aromatic rings. The molecule has 0 bridgehead atoms. The number of hydrogen-bond donors (Lipinski definition) is 1. The largest absolute Gasteiger partial charge is 0.472 e. The number of nitrogens with one attached hydrogen (secondary N) is 1. The Labute approximate surface area is 178 Å². The SMILES string of the molecule is CC(C)(C)OC(=O)n1c(SC2(C(=O)Nc3ccccc3)CC2)nnc1-c1ccoc1. The van der Waals surface area contributed by atoms with Crippen molar-refractivity contribution in [1.29, 1.82) is 0 Å². The van der Waals surface area contributed by atoms with Crippen LogP contribution in [0.3, 0.4) is 0 Å². The van der Waals surface area contributed by atoms with Gasteiger partial charge in [0.15, 0.2) is 5.82 Å². The Bertz CT molecular complexity index is 1050. The molecule has 1 aliphatic rings. The highest BCUT2D eigenvalue weighted by Gasteiger charge is 2.52. The Kier molecular flexibility index (Phi) is 5.15. The average Bonchev–Trinajstić information content (AvgIpc) is 3.09. The van der Waals surface area contributed by atoms with E-state index in [9.17, 15) is 9.59 Å². The third-order valence-corrected chi connectivity index (χ3v) is 5.86. The summed E-state index contributed by atoms with van der Waals surface area (Å²) >= 11 is 1.23. The Balaban J connectivity index is 1.62. The molecule has 156 valence electrons. The number of nitrogens with zero attached hydrogens (tertiary/aromatic N) is 3. The van der Waals surface area contributed by atoms with Gasteiger partial charge in [-0.2, -0.15) is 0 Å². The van der Waals surface area contributed by atoms with Gasteiger partial charge in [-0.15, -0.1) is 10.2 Å². The molecule has 1 amide bonds. The quantitative estimate of drug-likeness (QED) is 0.637. The molecule has 8 nitrogen and oxygen atoms in total. The Morgan fingerprint density at radius 2 is 1.90 bits per heavy atom. The van der Waals surface area contributed by atoms with Gasteiger partial charge in [-0.25, -0.2) is 9.36 Å². The number of anilines is 1. The van der Waals surface area contributed by atoms with Crippen molar-refractivity contribution in [1.82, 2.24) is 14.8 Å². The smallest absolute Gasteiger partial charge is 0.422 e. The van der Waals surface area contributed by atoms with E-state index in [-0.39, 0.29) is 5.91 Å². The zero-order valence-corrected chi connectivity index (χ0v) is 17.7. The summed E-state index contributed by atoms with van der Waals surface area (Å²) in [5, 5.41) is 11.6. The molecule has 2 aromatic heterocycles. The summed E-state index contributed by atoms with van der Waals surface area (Å²) < 4.78 is 11.3. The Hall–Kier alpha value is -3.07. The summed E-state index contributed by atoms with van der Waals surface area (Å²) in [4.78, 5) is 25.9. The first-order chi connectivity index (χ1) is 14.3. The third-order valence-electron chi connectivity index (χ3n) is 4.43. The molecule has 0 saturated heterocycles. The fourth-order valence-electron chi connectivity index (χ4n) is 2.82. The number of benzene rings is 1. The van der Waals surface area contributed by atoms with Crippen LogP contribution in [-0.4, -0.2) is 37.1 Å². The van der Waals surface area contributed by atoms with Gasteiger partial charge in [0, 0.05) is 5.69 Å². The third kappa shape index (κ3) is 4.25. The highest BCUT2D eigenvalue weighted by molar-refractivity contribution is 8.01. The number of amides is 1. The predicted molar refractivity (Wildman–Crippen MR) is 112 cm³/mol. The summed E-state index contributed by atoms with van der Waals surface area (Å²) in [6.07, 6.45) is 3.72. The second-order valence-electron chi connectivity index (χ2n) is 8.05. The molecule has 0 unspecified atom stereocenters. The Morgan fingerprint density at radius 1 is 1.17 bits per heavy atom. The van der Waals surface area contributed by atoms with E-state index in [1.807, 2.05) is 30.3 Å². The molecule has 1 saturated carbocycles. The summed E-state index contributed by atoms with van der Waals surface area (Å²) in [6.45, 7) is 5.36. The molecular formula is C21H22N4O4S. The number of hydrogen-bond acceptors (Lipinski definition) is 7. The second kappa shape index (κ2) is 7.64. The lowest BCUT2D eigenvalue weighted by atomic mass is 10.2. The van der Waals surface area contributed by atoms with Gasteiger partial charge < -0.3 is 14.5 Å². The van der Waals surface area contributed by atoms with Crippen molar-refractivity contribution >= 4 is 29.4 Å². The summed E-state index contributed by atoms with van der Waals surface area (Å²) in [6, 6.07) is 11.0. The van der Waals surface area contributed by atoms with Crippen LogP contribution in [0.25, 0.3) is 11.4 Å². The number of furan rings is 1. The maximum Gasteiger partial charge on any atom is 0.422 e. The van der Waals surface area contributed by atoms with Crippen LogP contribution in [0.2, 0.25) is 0 Å². The molecule has 30 heavy (non-hydrogen) atoms. The first-order valence-electron chi connectivity index (χ1n) is 9.54. The van der Waals surface area contributed by atoms with Gasteiger partial charge >= 0.3 is 6.09 Å². The monoisotopic (exact) mass is 426 g/mol. The first-order valence-corrected chi connectivity index (χ1v) is 10.4. The second-order valence-corrected chi connectivity index (χ2v) is 9.40. The fourth-order valence-corrected chi connectivity index (χ4v) is 3.95. The molecule has 1 aromatic carbocycles. The van der Waals surface area contributed by atoms with Gasteiger partial charge in [-0.3, -0.25) is 4.79 Å². The van der Waals surface area contributed by atoms with Crippen molar-refractivity contribution in [3.8, 4) is 11.4 Å². The van der Waals surface area contributed by atoms with E-state index in [0.717, 1.165) is 5.69 Å². The van der Waals surface area contributed by atoms with Gasteiger partial charge in [0.1, 0.15) is 16.6 Å². The van der Waals surface area contributed by atoms with E-state index >= 15 is 0 Å². The number of carbonyl (C=O) groups is 2. The molecule has 9 heteroatoms. The van der Waals surface area contributed by atoms with Crippen LogP contribution in [0, 0.1) is 0 Å². The van der Waals surface area contributed by atoms with Crippen molar-refractivity contribution < 1.29 is 18.7 Å². The van der Waals surface area contributed by atoms with Crippen molar-refractivity contribution in [3.63, 3.8) is 0 Å². The van der Waals surface area contributed by atoms with Crippen molar-refractivity contribution in [2.75, 3.05) is 5.32 Å². The summed E-state index contributed by atoms with van der Waals surface area (Å²) in [5.74, 6) is 0.182. The van der Waals surface area contributed by atoms with Crippen LogP contribution in [0.1, 0.15) is 33.6 Å². The minimum atomic E-state index is -0.698. The molecule has 1 fully saturated rings. The predicted octanol–water partition coefficient (Wildman–Crippen LogP) is 4.58. The zero-order chi connectivity index (χ0) is 21.4. The maximum absolute atomic E-state index is 12.9. The summed E-state index contributed by atoms with van der Waals surface area (Å²) in [7, 11) is 0. The van der Waals surface area contributed by atoms with E-state index in [2.05, 4.69) is 15.5 Å². The van der Waals surface area contributed by atoms with Gasteiger partial charge in [0.25, 0.3) is 0 Å². The molecule has 1 aliphatic carbocycles. The minimum Gasteiger partial charge on any atom is -0.472 e. The molecule has 0 radical (unpaired) electrons. The van der Waals surface area contributed by atoms with Crippen molar-refractivity contribution in [2.24, 2.45) is 0 Å². The number of aromatic nitrogens is 3. The molecule has 0 spiro atoms. The number of carbonyl (C=O) groups excluding carboxylic acids is 2. The van der Waals surface area contributed by atoms with Gasteiger partial charge in [-0.1, -0.05) is 30.0 Å². The maximum atomic E-state index is 12.9. The molecule has 0 aliphatic heterocycles. The molecule has 0 atom stereocenters.